The third-order valence-corrected chi connectivity index (χ3v) is 7.58. The van der Waals surface area contributed by atoms with Crippen molar-refractivity contribution in [3.63, 3.8) is 0 Å². The third kappa shape index (κ3) is 3.70. The van der Waals surface area contributed by atoms with Crippen molar-refractivity contribution in [3.8, 4) is 0 Å². The quantitative estimate of drug-likeness (QED) is 0.222. The lowest BCUT2D eigenvalue weighted by atomic mass is 10.1. The van der Waals surface area contributed by atoms with Crippen molar-refractivity contribution >= 4 is 67.0 Å². The summed E-state index contributed by atoms with van der Waals surface area (Å²) in [4.78, 5) is 0. The molecular weight excluding hydrogens is 508 g/mol. The van der Waals surface area contributed by atoms with Crippen molar-refractivity contribution in [3.05, 3.63) is 43.5 Å². The maximum atomic E-state index is 2.55. The van der Waals surface area contributed by atoms with Crippen LogP contribution in [0.15, 0.2) is 36.4 Å². The molecule has 1 nitrogen and oxygen atoms in total. The van der Waals surface area contributed by atoms with Gasteiger partial charge >= 0.3 is 0 Å². The third-order valence-electron chi connectivity index (χ3n) is 4.56. The Bertz CT molecular complexity index is 804. The van der Waals surface area contributed by atoms with Gasteiger partial charge in [-0.1, -0.05) is 63.3 Å². The van der Waals surface area contributed by atoms with E-state index in [4.69, 9.17) is 0 Å². The number of rotatable bonds is 7. The molecule has 3 rings (SSSR count). The molecule has 1 heterocycles. The summed E-state index contributed by atoms with van der Waals surface area (Å²) in [7, 11) is 0. The number of unbranched alkanes of at least 4 members (excludes halogenated alkanes) is 5. The van der Waals surface area contributed by atoms with Crippen LogP contribution in [0, 0.1) is 7.14 Å². The molecule has 0 aliphatic carbocycles. The Morgan fingerprint density at radius 2 is 1.57 bits per heavy atom. The first-order chi connectivity index (χ1) is 11.2. The van der Waals surface area contributed by atoms with E-state index in [-0.39, 0.29) is 0 Å². The Hall–Kier alpha value is -0.300. The molecule has 1 aromatic heterocycles. The molecule has 0 saturated heterocycles. The van der Waals surface area contributed by atoms with Crippen molar-refractivity contribution in [1.82, 2.24) is 4.57 Å². The molecule has 23 heavy (non-hydrogen) atoms. The van der Waals surface area contributed by atoms with Crippen LogP contribution in [0.1, 0.15) is 45.4 Å². The second-order valence-corrected chi connectivity index (χ2v) is 8.44. The van der Waals surface area contributed by atoms with Gasteiger partial charge in [-0.05, 0) is 63.7 Å². The highest BCUT2D eigenvalue weighted by atomic mass is 127. The second-order valence-electron chi connectivity index (χ2n) is 6.19. The maximum Gasteiger partial charge on any atom is 0.0637 e. The molecule has 122 valence electrons. The number of hydrogen-bond donors (Lipinski definition) is 0. The van der Waals surface area contributed by atoms with Gasteiger partial charge in [-0.25, -0.2) is 0 Å². The summed E-state index contributed by atoms with van der Waals surface area (Å²) in [5.74, 6) is 0. The van der Waals surface area contributed by atoms with Gasteiger partial charge in [-0.2, -0.15) is 0 Å². The monoisotopic (exact) mass is 531 g/mol. The fourth-order valence-electron chi connectivity index (χ4n) is 3.36. The number of benzene rings is 2. The average Bonchev–Trinajstić information content (AvgIpc) is 2.89. The maximum absolute atomic E-state index is 2.55. The molecule has 0 atom stereocenters. The largest absolute Gasteiger partial charge is 0.340 e. The molecule has 3 aromatic rings. The lowest BCUT2D eigenvalue weighted by Crippen LogP contribution is -1.99. The van der Waals surface area contributed by atoms with E-state index in [1.165, 1.54) is 67.5 Å². The first-order valence-electron chi connectivity index (χ1n) is 8.59. The van der Waals surface area contributed by atoms with Crippen molar-refractivity contribution in [2.24, 2.45) is 0 Å². The topological polar surface area (TPSA) is 4.93 Å². The Kier molecular flexibility index (Phi) is 6.24. The van der Waals surface area contributed by atoms with E-state index in [1.54, 1.807) is 0 Å². The normalized spacial score (nSPS) is 11.6. The van der Waals surface area contributed by atoms with Gasteiger partial charge in [0.15, 0.2) is 0 Å². The number of para-hydroxylation sites is 1. The average molecular weight is 531 g/mol. The van der Waals surface area contributed by atoms with Gasteiger partial charge < -0.3 is 4.57 Å². The first-order valence-corrected chi connectivity index (χ1v) is 10.7. The summed E-state index contributed by atoms with van der Waals surface area (Å²) in [5.41, 5.74) is 2.81. The van der Waals surface area contributed by atoms with Crippen LogP contribution >= 0.6 is 45.2 Å². The Labute approximate surface area is 166 Å². The molecule has 0 radical (unpaired) electrons. The highest BCUT2D eigenvalue weighted by Gasteiger charge is 2.14. The smallest absolute Gasteiger partial charge is 0.0637 e. The Balaban J connectivity index is 1.92. The SMILES string of the molecule is CCCCCCCCn1c2ccccc2c2ccc(I)c(I)c21. The minimum absolute atomic E-state index is 1.13. The molecule has 0 fully saturated rings. The number of fused-ring (bicyclic) bond motifs is 3. The minimum atomic E-state index is 1.13. The Morgan fingerprint density at radius 3 is 2.39 bits per heavy atom. The highest BCUT2D eigenvalue weighted by molar-refractivity contribution is 14.1. The van der Waals surface area contributed by atoms with E-state index in [0.29, 0.717) is 0 Å². The fourth-order valence-corrected chi connectivity index (χ4v) is 4.56. The molecule has 3 heteroatoms. The molecule has 0 unspecified atom stereocenters. The molecule has 2 aromatic carbocycles. The molecular formula is C20H23I2N. The van der Waals surface area contributed by atoms with Crippen LogP contribution in [-0.4, -0.2) is 4.57 Å². The molecule has 0 aliphatic heterocycles. The van der Waals surface area contributed by atoms with Gasteiger partial charge in [-0.3, -0.25) is 0 Å². The van der Waals surface area contributed by atoms with E-state index in [1.807, 2.05) is 0 Å². The zero-order valence-electron chi connectivity index (χ0n) is 13.6. The van der Waals surface area contributed by atoms with Crippen LogP contribution in [0.25, 0.3) is 21.8 Å². The Morgan fingerprint density at radius 1 is 0.826 bits per heavy atom. The fraction of sp³-hybridized carbons (Fsp3) is 0.400. The van der Waals surface area contributed by atoms with Crippen LogP contribution < -0.4 is 0 Å². The number of nitrogens with zero attached hydrogens (tertiary/aromatic N) is 1. The standard InChI is InChI=1S/C20H23I2N/c1-2-3-4-5-6-9-14-23-18-11-8-7-10-15(18)16-12-13-17(21)19(22)20(16)23/h7-8,10-13H,2-6,9,14H2,1H3. The van der Waals surface area contributed by atoms with Crippen LogP contribution in [0.5, 0.6) is 0 Å². The summed E-state index contributed by atoms with van der Waals surface area (Å²) >= 11 is 4.97. The highest BCUT2D eigenvalue weighted by Crippen LogP contribution is 2.34. The van der Waals surface area contributed by atoms with Gasteiger partial charge in [-0.15, -0.1) is 0 Å². The van der Waals surface area contributed by atoms with E-state index in [9.17, 15) is 0 Å². The molecule has 0 bridgehead atoms. The van der Waals surface area contributed by atoms with Crippen LogP contribution in [0.4, 0.5) is 0 Å². The molecule has 0 spiro atoms. The summed E-state index contributed by atoms with van der Waals surface area (Å²) in [5, 5.41) is 2.79. The van der Waals surface area contributed by atoms with Gasteiger partial charge in [0.1, 0.15) is 0 Å². The first kappa shape index (κ1) is 17.5. The minimum Gasteiger partial charge on any atom is -0.340 e. The number of halogens is 2. The van der Waals surface area contributed by atoms with Gasteiger partial charge in [0.05, 0.1) is 9.09 Å². The summed E-state index contributed by atoms with van der Waals surface area (Å²) in [6.07, 6.45) is 8.08. The van der Waals surface area contributed by atoms with Crippen LogP contribution in [-0.2, 0) is 6.54 Å². The van der Waals surface area contributed by atoms with E-state index in [0.717, 1.165) is 6.54 Å². The van der Waals surface area contributed by atoms with Crippen LogP contribution in [0.3, 0.4) is 0 Å². The summed E-state index contributed by atoms with van der Waals surface area (Å²) in [6.45, 7) is 3.41. The lowest BCUT2D eigenvalue weighted by molar-refractivity contribution is 0.571. The van der Waals surface area contributed by atoms with Crippen molar-refractivity contribution < 1.29 is 0 Å². The number of hydrogen-bond acceptors (Lipinski definition) is 0. The predicted octanol–water partition coefficient (Wildman–Crippen LogP) is 7.36. The number of aryl methyl sites for hydroxylation is 1. The van der Waals surface area contributed by atoms with Gasteiger partial charge in [0.25, 0.3) is 0 Å². The molecule has 0 aliphatic rings. The van der Waals surface area contributed by atoms with Gasteiger partial charge in [0.2, 0.25) is 0 Å². The molecule has 0 N–H and O–H groups in total. The predicted molar refractivity (Wildman–Crippen MR) is 118 cm³/mol. The lowest BCUT2D eigenvalue weighted by Gasteiger charge is -2.09. The van der Waals surface area contributed by atoms with Crippen LogP contribution in [0.2, 0.25) is 0 Å². The zero-order valence-corrected chi connectivity index (χ0v) is 17.9. The van der Waals surface area contributed by atoms with E-state index in [2.05, 4.69) is 93.1 Å². The van der Waals surface area contributed by atoms with Crippen molar-refractivity contribution in [2.45, 2.75) is 52.0 Å². The van der Waals surface area contributed by atoms with Crippen molar-refractivity contribution in [1.29, 1.82) is 0 Å². The summed E-state index contributed by atoms with van der Waals surface area (Å²) in [6, 6.07) is 13.4. The summed E-state index contributed by atoms with van der Waals surface area (Å²) < 4.78 is 5.29. The van der Waals surface area contributed by atoms with E-state index < -0.39 is 0 Å². The molecule has 0 saturated carbocycles. The van der Waals surface area contributed by atoms with Gasteiger partial charge in [0, 0.05) is 26.4 Å². The van der Waals surface area contributed by atoms with E-state index >= 15 is 0 Å². The zero-order chi connectivity index (χ0) is 16.2. The second kappa shape index (κ2) is 8.19. The number of aromatic nitrogens is 1. The molecule has 0 amide bonds. The van der Waals surface area contributed by atoms with Crippen molar-refractivity contribution in [2.75, 3.05) is 0 Å².